The average Bonchev–Trinajstić information content (AvgIpc) is 3.21. The number of thiophene rings is 1. The summed E-state index contributed by atoms with van der Waals surface area (Å²) in [5.41, 5.74) is -0.661. The Morgan fingerprint density at radius 3 is 2.71 bits per heavy atom. The number of aromatic nitrogens is 2. The molecule has 0 spiro atoms. The lowest BCUT2D eigenvalue weighted by molar-refractivity contribution is -0.137. The molecule has 1 fully saturated rings. The minimum atomic E-state index is -4.35. The van der Waals surface area contributed by atoms with E-state index in [2.05, 4.69) is 15.5 Å². The lowest BCUT2D eigenvalue weighted by Gasteiger charge is -2.25. The fraction of sp³-hybridized carbons (Fsp3) is 0.333. The molecular formula is C15H13F3N4OS. The quantitative estimate of drug-likeness (QED) is 0.765. The second-order valence-electron chi connectivity index (χ2n) is 5.50. The predicted octanol–water partition coefficient (Wildman–Crippen LogP) is 3.38. The first-order valence-electron chi connectivity index (χ1n) is 7.41. The van der Waals surface area contributed by atoms with Gasteiger partial charge in [0.2, 0.25) is 0 Å². The fourth-order valence-corrected chi connectivity index (χ4v) is 3.60. The SMILES string of the molecule is FC(F)(F)c1ccc2sc(-c3nc(N4CCNCC4)no3)cc2c1. The zero-order chi connectivity index (χ0) is 16.7. The normalized spacial score (nSPS) is 16.0. The van der Waals surface area contributed by atoms with Gasteiger partial charge in [-0.2, -0.15) is 18.2 Å². The molecule has 1 saturated heterocycles. The summed E-state index contributed by atoms with van der Waals surface area (Å²) in [6.45, 7) is 3.29. The van der Waals surface area contributed by atoms with Gasteiger partial charge >= 0.3 is 6.18 Å². The highest BCUT2D eigenvalue weighted by molar-refractivity contribution is 7.22. The summed E-state index contributed by atoms with van der Waals surface area (Å²) < 4.78 is 44.5. The van der Waals surface area contributed by atoms with Gasteiger partial charge in [-0.3, -0.25) is 0 Å². The zero-order valence-corrected chi connectivity index (χ0v) is 13.2. The van der Waals surface area contributed by atoms with Crippen LogP contribution in [0.1, 0.15) is 5.56 Å². The molecule has 0 saturated carbocycles. The number of nitrogens with zero attached hydrogens (tertiary/aromatic N) is 3. The summed E-state index contributed by atoms with van der Waals surface area (Å²) >= 11 is 1.34. The molecule has 126 valence electrons. The molecule has 1 aliphatic rings. The highest BCUT2D eigenvalue weighted by atomic mass is 32.1. The van der Waals surface area contributed by atoms with Crippen LogP contribution in [0.15, 0.2) is 28.8 Å². The van der Waals surface area contributed by atoms with Crippen molar-refractivity contribution in [2.75, 3.05) is 31.1 Å². The Kier molecular flexibility index (Phi) is 3.69. The van der Waals surface area contributed by atoms with Gasteiger partial charge < -0.3 is 14.7 Å². The third-order valence-electron chi connectivity index (χ3n) is 3.87. The first-order valence-corrected chi connectivity index (χ1v) is 8.23. The molecule has 4 rings (SSSR count). The summed E-state index contributed by atoms with van der Waals surface area (Å²) in [4.78, 5) is 7.06. The fourth-order valence-electron chi connectivity index (χ4n) is 2.63. The Balaban J connectivity index is 1.65. The van der Waals surface area contributed by atoms with E-state index in [9.17, 15) is 13.2 Å². The van der Waals surface area contributed by atoms with Crippen LogP contribution in [-0.2, 0) is 6.18 Å². The summed E-state index contributed by atoms with van der Waals surface area (Å²) in [7, 11) is 0. The highest BCUT2D eigenvalue weighted by Gasteiger charge is 2.30. The molecule has 1 aromatic carbocycles. The average molecular weight is 354 g/mol. The van der Waals surface area contributed by atoms with Crippen LogP contribution in [0, 0.1) is 0 Å². The van der Waals surface area contributed by atoms with Crippen LogP contribution in [0.5, 0.6) is 0 Å². The molecule has 0 amide bonds. The Morgan fingerprint density at radius 1 is 1.17 bits per heavy atom. The monoisotopic (exact) mass is 354 g/mol. The van der Waals surface area contributed by atoms with Crippen LogP contribution in [0.2, 0.25) is 0 Å². The van der Waals surface area contributed by atoms with Crippen molar-refractivity contribution in [3.05, 3.63) is 29.8 Å². The molecule has 24 heavy (non-hydrogen) atoms. The van der Waals surface area contributed by atoms with E-state index >= 15 is 0 Å². The topological polar surface area (TPSA) is 54.2 Å². The van der Waals surface area contributed by atoms with Crippen LogP contribution in [0.4, 0.5) is 19.1 Å². The van der Waals surface area contributed by atoms with Crippen molar-refractivity contribution < 1.29 is 17.7 Å². The van der Waals surface area contributed by atoms with E-state index < -0.39 is 11.7 Å². The van der Waals surface area contributed by atoms with Crippen LogP contribution in [-0.4, -0.2) is 36.3 Å². The van der Waals surface area contributed by atoms with Gasteiger partial charge in [-0.05, 0) is 34.8 Å². The summed E-state index contributed by atoms with van der Waals surface area (Å²) in [5, 5.41) is 7.74. The second-order valence-corrected chi connectivity index (χ2v) is 6.58. The molecule has 3 aromatic rings. The van der Waals surface area contributed by atoms with Crippen molar-refractivity contribution in [3.63, 3.8) is 0 Å². The maximum absolute atomic E-state index is 12.8. The van der Waals surface area contributed by atoms with Crippen LogP contribution in [0.25, 0.3) is 20.9 Å². The molecule has 5 nitrogen and oxygen atoms in total. The van der Waals surface area contributed by atoms with Crippen molar-refractivity contribution in [2.45, 2.75) is 6.18 Å². The van der Waals surface area contributed by atoms with Gasteiger partial charge in [0.1, 0.15) is 0 Å². The number of hydrogen-bond acceptors (Lipinski definition) is 6. The molecule has 0 radical (unpaired) electrons. The third-order valence-corrected chi connectivity index (χ3v) is 4.97. The Bertz CT molecular complexity index is 867. The number of alkyl halides is 3. The minimum absolute atomic E-state index is 0.332. The summed E-state index contributed by atoms with van der Waals surface area (Å²) in [6.07, 6.45) is -4.35. The van der Waals surface area contributed by atoms with Gasteiger partial charge in [0, 0.05) is 30.9 Å². The first-order chi connectivity index (χ1) is 11.5. The Hall–Kier alpha value is -2.13. The highest BCUT2D eigenvalue weighted by Crippen LogP contribution is 2.37. The van der Waals surface area contributed by atoms with Crippen molar-refractivity contribution in [2.24, 2.45) is 0 Å². The lowest BCUT2D eigenvalue weighted by atomic mass is 10.1. The molecule has 3 heterocycles. The molecule has 1 aliphatic heterocycles. The van der Waals surface area contributed by atoms with Gasteiger partial charge in [0.05, 0.1) is 10.4 Å². The third kappa shape index (κ3) is 2.84. The molecule has 0 bridgehead atoms. The standard InChI is InChI=1S/C15H13F3N4OS/c16-15(17,18)10-1-2-11-9(7-10)8-12(24-11)13-20-14(21-23-13)22-5-3-19-4-6-22/h1-2,7-8,19H,3-6H2. The number of anilines is 1. The molecule has 9 heteroatoms. The van der Waals surface area contributed by atoms with E-state index in [0.717, 1.165) is 43.0 Å². The van der Waals surface area contributed by atoms with Crippen molar-refractivity contribution in [1.82, 2.24) is 15.5 Å². The van der Waals surface area contributed by atoms with Crippen molar-refractivity contribution >= 4 is 27.4 Å². The number of halogens is 3. The van der Waals surface area contributed by atoms with Crippen LogP contribution >= 0.6 is 11.3 Å². The first kappa shape index (κ1) is 15.4. The molecule has 1 N–H and O–H groups in total. The Labute approximate surface area is 139 Å². The van der Waals surface area contributed by atoms with Crippen molar-refractivity contribution in [3.8, 4) is 10.8 Å². The maximum atomic E-state index is 12.8. The van der Waals surface area contributed by atoms with Gasteiger partial charge in [0.25, 0.3) is 11.8 Å². The van der Waals surface area contributed by atoms with Gasteiger partial charge in [-0.15, -0.1) is 11.3 Å². The minimum Gasteiger partial charge on any atom is -0.336 e. The van der Waals surface area contributed by atoms with E-state index in [-0.39, 0.29) is 0 Å². The zero-order valence-electron chi connectivity index (χ0n) is 12.4. The number of piperazine rings is 1. The molecule has 0 aliphatic carbocycles. The lowest BCUT2D eigenvalue weighted by Crippen LogP contribution is -2.44. The predicted molar refractivity (Wildman–Crippen MR) is 85.2 cm³/mol. The number of fused-ring (bicyclic) bond motifs is 1. The maximum Gasteiger partial charge on any atom is 0.416 e. The van der Waals surface area contributed by atoms with Crippen LogP contribution in [0.3, 0.4) is 0 Å². The van der Waals surface area contributed by atoms with E-state index in [1.807, 2.05) is 4.90 Å². The molecule has 2 aromatic heterocycles. The largest absolute Gasteiger partial charge is 0.416 e. The van der Waals surface area contributed by atoms with E-state index in [4.69, 9.17) is 4.52 Å². The Morgan fingerprint density at radius 2 is 1.96 bits per heavy atom. The van der Waals surface area contributed by atoms with Crippen molar-refractivity contribution in [1.29, 1.82) is 0 Å². The summed E-state index contributed by atoms with van der Waals surface area (Å²) in [6, 6.07) is 5.36. The summed E-state index contributed by atoms with van der Waals surface area (Å²) in [5.74, 6) is 0.846. The molecule has 0 unspecified atom stereocenters. The second kappa shape index (κ2) is 5.75. The molecular weight excluding hydrogens is 341 g/mol. The number of rotatable bonds is 2. The number of hydrogen-bond donors (Lipinski definition) is 1. The van der Waals surface area contributed by atoms with Gasteiger partial charge in [-0.25, -0.2) is 0 Å². The van der Waals surface area contributed by atoms with E-state index in [0.29, 0.717) is 22.1 Å². The van der Waals surface area contributed by atoms with E-state index in [1.54, 1.807) is 6.07 Å². The van der Waals surface area contributed by atoms with Gasteiger partial charge in [0.15, 0.2) is 0 Å². The number of nitrogens with one attached hydrogen (secondary N) is 1. The van der Waals surface area contributed by atoms with E-state index in [1.165, 1.54) is 17.4 Å². The van der Waals surface area contributed by atoms with Crippen LogP contribution < -0.4 is 10.2 Å². The molecule has 0 atom stereocenters. The smallest absolute Gasteiger partial charge is 0.336 e. The van der Waals surface area contributed by atoms with Gasteiger partial charge in [-0.1, -0.05) is 0 Å². The number of benzene rings is 1.